The molecular weight excluding hydrogens is 387 g/mol. The first-order chi connectivity index (χ1) is 11.2. The van der Waals surface area contributed by atoms with E-state index in [0.29, 0.717) is 3.43 Å². The van der Waals surface area contributed by atoms with E-state index in [4.69, 9.17) is 0 Å². The molecule has 2 heterocycles. The first kappa shape index (κ1) is 18.8. The Balaban J connectivity index is 2.25. The fourth-order valence-electron chi connectivity index (χ4n) is 3.40. The van der Waals surface area contributed by atoms with Crippen LogP contribution in [0.4, 0.5) is 0 Å². The Morgan fingerprint density at radius 3 is 2.13 bits per heavy atom. The molecule has 2 nitrogen and oxygen atoms in total. The molecule has 0 aliphatic heterocycles. The summed E-state index contributed by atoms with van der Waals surface area (Å²) in [5.74, 6) is 0. The normalized spacial score (nSPS) is 12.1. The number of hydrogen-bond acceptors (Lipinski definition) is 1. The molecule has 0 spiro atoms. The van der Waals surface area contributed by atoms with Crippen molar-refractivity contribution >= 4 is 30.5 Å². The number of hydrogen-bond donors (Lipinski definition) is 0. The van der Waals surface area contributed by atoms with Crippen LogP contribution < -0.4 is 3.71 Å². The van der Waals surface area contributed by atoms with Crippen molar-refractivity contribution in [3.8, 4) is 0 Å². The number of unbranched alkanes of at least 4 members (excludes halogenated alkanes) is 3. The molecule has 0 aliphatic rings. The molecule has 0 aliphatic carbocycles. The number of pyridine rings is 1. The van der Waals surface area contributed by atoms with Crippen LogP contribution in [-0.2, 0) is 0 Å². The molecule has 0 fully saturated rings. The molecule has 0 N–H and O–H groups in total. The molecule has 126 valence electrons. The van der Waals surface area contributed by atoms with E-state index in [2.05, 4.69) is 60.7 Å². The van der Waals surface area contributed by atoms with Crippen LogP contribution in [0.25, 0.3) is 5.65 Å². The summed E-state index contributed by atoms with van der Waals surface area (Å²) in [5.41, 5.74) is 1.12. The summed E-state index contributed by atoms with van der Waals surface area (Å²) in [6.07, 6.45) is 16.9. The van der Waals surface area contributed by atoms with Gasteiger partial charge in [-0.05, 0) is 0 Å². The van der Waals surface area contributed by atoms with Gasteiger partial charge in [0.15, 0.2) is 0 Å². The van der Waals surface area contributed by atoms with E-state index >= 15 is 0 Å². The molecular formula is C20H32N2Sn. The van der Waals surface area contributed by atoms with Gasteiger partial charge in [-0.15, -0.1) is 0 Å². The van der Waals surface area contributed by atoms with Gasteiger partial charge in [0.25, 0.3) is 0 Å². The molecule has 2 rings (SSSR count). The second-order valence-corrected chi connectivity index (χ2v) is 12.0. The zero-order valence-electron chi connectivity index (χ0n) is 15.1. The van der Waals surface area contributed by atoms with Crippen molar-refractivity contribution in [2.45, 2.75) is 82.0 Å². The SMILES string of the molecule is CCCC[C](CCCC)(CCCC)[Sn][c]1cnc2ccccn12. The molecule has 0 saturated carbocycles. The summed E-state index contributed by atoms with van der Waals surface area (Å²) in [7, 11) is 0. The van der Waals surface area contributed by atoms with Gasteiger partial charge in [-0.1, -0.05) is 0 Å². The molecule has 0 aromatic carbocycles. The minimum absolute atomic E-state index is 0.636. The third-order valence-corrected chi connectivity index (χ3v) is 10.3. The zero-order valence-corrected chi connectivity index (χ0v) is 18.0. The molecule has 0 unspecified atom stereocenters. The van der Waals surface area contributed by atoms with Crippen LogP contribution in [0.5, 0.6) is 0 Å². The van der Waals surface area contributed by atoms with Crippen molar-refractivity contribution in [1.29, 1.82) is 0 Å². The van der Waals surface area contributed by atoms with E-state index in [1.165, 1.54) is 57.8 Å². The molecule has 0 saturated heterocycles. The van der Waals surface area contributed by atoms with Gasteiger partial charge in [0.2, 0.25) is 0 Å². The number of fused-ring (bicyclic) bond motifs is 1. The maximum absolute atomic E-state index is 4.65. The van der Waals surface area contributed by atoms with Crippen LogP contribution >= 0.6 is 0 Å². The van der Waals surface area contributed by atoms with Crippen LogP contribution in [-0.4, -0.2) is 30.5 Å². The Kier molecular flexibility index (Phi) is 7.94. The van der Waals surface area contributed by atoms with Gasteiger partial charge in [-0.3, -0.25) is 0 Å². The Bertz CT molecular complexity index is 554. The van der Waals surface area contributed by atoms with Crippen LogP contribution in [0.15, 0.2) is 30.6 Å². The molecule has 3 heteroatoms. The third kappa shape index (κ3) is 5.23. The fourth-order valence-corrected chi connectivity index (χ4v) is 8.79. The van der Waals surface area contributed by atoms with Gasteiger partial charge < -0.3 is 0 Å². The summed E-state index contributed by atoms with van der Waals surface area (Å²) in [4.78, 5) is 4.65. The number of rotatable bonds is 11. The quantitative estimate of drug-likeness (QED) is 0.447. The zero-order chi connectivity index (χ0) is 16.5. The van der Waals surface area contributed by atoms with Crippen molar-refractivity contribution in [2.24, 2.45) is 0 Å². The molecule has 0 bridgehead atoms. The van der Waals surface area contributed by atoms with Crippen molar-refractivity contribution in [2.75, 3.05) is 0 Å². The minimum atomic E-state index is -0.686. The summed E-state index contributed by atoms with van der Waals surface area (Å²) >= 11 is -0.686. The Labute approximate surface area is 152 Å². The first-order valence-corrected chi connectivity index (χ1v) is 12.3. The van der Waals surface area contributed by atoms with E-state index in [1.54, 1.807) is 3.71 Å². The van der Waals surface area contributed by atoms with E-state index in [0.717, 1.165) is 5.65 Å². The van der Waals surface area contributed by atoms with Crippen LogP contribution in [0.2, 0.25) is 3.43 Å². The standard InChI is InChI=1S/C13H27.C7H5N2.Sn/c1-4-7-10-13(11-8-5-2)12-9-6-3;1-2-5-9-6-4-8-7(9)3-1;/h4-12H2,1-3H3;1-5H;. The van der Waals surface area contributed by atoms with Crippen molar-refractivity contribution in [3.05, 3.63) is 30.6 Å². The van der Waals surface area contributed by atoms with E-state index in [1.807, 2.05) is 0 Å². The van der Waals surface area contributed by atoms with Gasteiger partial charge in [-0.25, -0.2) is 0 Å². The van der Waals surface area contributed by atoms with Gasteiger partial charge in [0, 0.05) is 0 Å². The Morgan fingerprint density at radius 1 is 0.957 bits per heavy atom. The summed E-state index contributed by atoms with van der Waals surface area (Å²) in [5, 5.41) is 0. The molecule has 23 heavy (non-hydrogen) atoms. The average molecular weight is 419 g/mol. The van der Waals surface area contributed by atoms with Crippen LogP contribution in [0, 0.1) is 0 Å². The van der Waals surface area contributed by atoms with Crippen molar-refractivity contribution in [3.63, 3.8) is 0 Å². The topological polar surface area (TPSA) is 17.3 Å². The van der Waals surface area contributed by atoms with Crippen molar-refractivity contribution < 1.29 is 0 Å². The second-order valence-electron chi connectivity index (χ2n) is 6.79. The average Bonchev–Trinajstić information content (AvgIpc) is 2.99. The monoisotopic (exact) mass is 420 g/mol. The Morgan fingerprint density at radius 2 is 1.57 bits per heavy atom. The molecule has 2 aromatic heterocycles. The first-order valence-electron chi connectivity index (χ1n) is 9.45. The predicted molar refractivity (Wildman–Crippen MR) is 102 cm³/mol. The van der Waals surface area contributed by atoms with Crippen molar-refractivity contribution in [1.82, 2.24) is 9.38 Å². The fraction of sp³-hybridized carbons (Fsp3) is 0.650. The van der Waals surface area contributed by atoms with Crippen LogP contribution in [0.1, 0.15) is 78.6 Å². The summed E-state index contributed by atoms with van der Waals surface area (Å²) in [6, 6.07) is 6.37. The van der Waals surface area contributed by atoms with E-state index < -0.39 is 21.1 Å². The van der Waals surface area contributed by atoms with Gasteiger partial charge in [0.1, 0.15) is 0 Å². The molecule has 0 atom stereocenters. The van der Waals surface area contributed by atoms with E-state index in [-0.39, 0.29) is 0 Å². The predicted octanol–water partition coefficient (Wildman–Crippen LogP) is 5.39. The summed E-state index contributed by atoms with van der Waals surface area (Å²) < 4.78 is 4.56. The third-order valence-electron chi connectivity index (χ3n) is 4.84. The van der Waals surface area contributed by atoms with Gasteiger partial charge in [-0.2, -0.15) is 0 Å². The maximum atomic E-state index is 4.65. The Hall–Kier alpha value is -0.511. The second kappa shape index (κ2) is 9.70. The number of nitrogens with zero attached hydrogens (tertiary/aromatic N) is 2. The van der Waals surface area contributed by atoms with Gasteiger partial charge >= 0.3 is 152 Å². The molecule has 0 amide bonds. The number of aromatic nitrogens is 2. The van der Waals surface area contributed by atoms with E-state index in [9.17, 15) is 0 Å². The summed E-state index contributed by atoms with van der Waals surface area (Å²) in [6.45, 7) is 7.01. The number of imidazole rings is 1. The molecule has 2 aromatic rings. The van der Waals surface area contributed by atoms with Gasteiger partial charge in [0.05, 0.1) is 0 Å². The molecule has 2 radical (unpaired) electrons. The van der Waals surface area contributed by atoms with Crippen LogP contribution in [0.3, 0.4) is 0 Å².